The molecule has 6 rings (SSSR count). The molecule has 0 radical (unpaired) electrons. The molecular formula is C32H25FN2O3. The van der Waals surface area contributed by atoms with Gasteiger partial charge in [-0.2, -0.15) is 0 Å². The first kappa shape index (κ1) is 23.6. The molecule has 5 aromatic carbocycles. The van der Waals surface area contributed by atoms with E-state index >= 15 is 0 Å². The molecule has 1 heterocycles. The summed E-state index contributed by atoms with van der Waals surface area (Å²) in [4.78, 5) is 15.8. The van der Waals surface area contributed by atoms with E-state index in [4.69, 9.17) is 9.47 Å². The van der Waals surface area contributed by atoms with E-state index in [2.05, 4.69) is 5.32 Å². The Bertz CT molecular complexity index is 1650. The normalized spacial score (nSPS) is 14.6. The molecule has 5 nitrogen and oxygen atoms in total. The maximum atomic E-state index is 14.2. The Morgan fingerprint density at radius 2 is 1.61 bits per heavy atom. The summed E-state index contributed by atoms with van der Waals surface area (Å²) in [6.45, 7) is 0.101. The molecule has 0 fully saturated rings. The topological polar surface area (TPSA) is 50.8 Å². The number of anilines is 2. The van der Waals surface area contributed by atoms with Gasteiger partial charge in [-0.3, -0.25) is 9.69 Å². The van der Waals surface area contributed by atoms with E-state index in [-0.39, 0.29) is 18.3 Å². The predicted octanol–water partition coefficient (Wildman–Crippen LogP) is 7.34. The maximum absolute atomic E-state index is 14.2. The van der Waals surface area contributed by atoms with Gasteiger partial charge in [0.15, 0.2) is 11.6 Å². The number of para-hydroxylation sites is 2. The fourth-order valence-electron chi connectivity index (χ4n) is 4.95. The monoisotopic (exact) mass is 504 g/mol. The summed E-state index contributed by atoms with van der Waals surface area (Å²) in [5.74, 6) is 0.253. The number of ether oxygens (including phenoxy) is 2. The third-order valence-electron chi connectivity index (χ3n) is 6.79. The van der Waals surface area contributed by atoms with Crippen LogP contribution in [-0.4, -0.2) is 13.0 Å². The first-order valence-electron chi connectivity index (χ1n) is 12.3. The number of carbonyl (C=O) groups excluding carboxylic acids is 1. The number of fused-ring (bicyclic) bond motifs is 2. The molecule has 0 bridgehead atoms. The van der Waals surface area contributed by atoms with Crippen LogP contribution in [0.15, 0.2) is 109 Å². The summed E-state index contributed by atoms with van der Waals surface area (Å²) in [5.41, 5.74) is 3.75. The van der Waals surface area contributed by atoms with E-state index in [9.17, 15) is 9.18 Å². The molecule has 1 amide bonds. The van der Waals surface area contributed by atoms with Crippen LogP contribution in [0.25, 0.3) is 10.8 Å². The summed E-state index contributed by atoms with van der Waals surface area (Å²) >= 11 is 0. The number of amides is 1. The molecule has 0 aromatic heterocycles. The molecule has 38 heavy (non-hydrogen) atoms. The number of nitrogens with one attached hydrogen (secondary N) is 1. The summed E-state index contributed by atoms with van der Waals surface area (Å²) in [7, 11) is 1.59. The van der Waals surface area contributed by atoms with Gasteiger partial charge in [-0.05, 0) is 53.4 Å². The van der Waals surface area contributed by atoms with Crippen molar-refractivity contribution in [1.29, 1.82) is 0 Å². The minimum Gasteiger partial charge on any atom is -0.496 e. The summed E-state index contributed by atoms with van der Waals surface area (Å²) < 4.78 is 25.6. The van der Waals surface area contributed by atoms with Crippen LogP contribution in [0, 0.1) is 5.82 Å². The molecule has 0 saturated heterocycles. The van der Waals surface area contributed by atoms with Crippen molar-refractivity contribution in [3.8, 4) is 11.5 Å². The number of halogens is 1. The van der Waals surface area contributed by atoms with Gasteiger partial charge < -0.3 is 14.8 Å². The minimum absolute atomic E-state index is 0.0966. The van der Waals surface area contributed by atoms with Crippen molar-refractivity contribution in [1.82, 2.24) is 0 Å². The molecule has 0 unspecified atom stereocenters. The van der Waals surface area contributed by atoms with Crippen LogP contribution in [0.4, 0.5) is 15.8 Å². The average molecular weight is 505 g/mol. The summed E-state index contributed by atoms with van der Waals surface area (Å²) in [6.07, 6.45) is -0.499. The number of hydrogen-bond donors (Lipinski definition) is 1. The lowest BCUT2D eigenvalue weighted by Crippen LogP contribution is -2.43. The smallest absolute Gasteiger partial charge is 0.262 e. The van der Waals surface area contributed by atoms with Crippen molar-refractivity contribution in [2.75, 3.05) is 17.3 Å². The number of rotatable bonds is 6. The number of methoxy groups -OCH3 is 1. The molecule has 1 aliphatic rings. The van der Waals surface area contributed by atoms with E-state index in [0.29, 0.717) is 11.3 Å². The van der Waals surface area contributed by atoms with Gasteiger partial charge >= 0.3 is 0 Å². The fraction of sp³-hybridized carbons (Fsp3) is 0.0938. The van der Waals surface area contributed by atoms with E-state index in [1.165, 1.54) is 6.07 Å². The zero-order valence-corrected chi connectivity index (χ0v) is 20.7. The number of carbonyl (C=O) groups is 1. The van der Waals surface area contributed by atoms with E-state index in [0.717, 1.165) is 33.3 Å². The molecule has 5 aromatic rings. The van der Waals surface area contributed by atoms with Crippen molar-refractivity contribution in [3.63, 3.8) is 0 Å². The van der Waals surface area contributed by atoms with Crippen LogP contribution < -0.4 is 19.7 Å². The molecule has 188 valence electrons. The second kappa shape index (κ2) is 9.90. The second-order valence-corrected chi connectivity index (χ2v) is 9.06. The van der Waals surface area contributed by atoms with Gasteiger partial charge in [0.25, 0.3) is 5.91 Å². The minimum atomic E-state index is -0.499. The molecule has 1 N–H and O–H groups in total. The zero-order valence-electron chi connectivity index (χ0n) is 20.7. The van der Waals surface area contributed by atoms with Crippen LogP contribution in [-0.2, 0) is 6.61 Å². The largest absolute Gasteiger partial charge is 0.496 e. The van der Waals surface area contributed by atoms with E-state index in [1.807, 2.05) is 84.9 Å². The Morgan fingerprint density at radius 1 is 0.842 bits per heavy atom. The lowest BCUT2D eigenvalue weighted by molar-refractivity contribution is 0.0975. The van der Waals surface area contributed by atoms with E-state index < -0.39 is 12.0 Å². The highest BCUT2D eigenvalue weighted by molar-refractivity contribution is 6.15. The predicted molar refractivity (Wildman–Crippen MR) is 147 cm³/mol. The first-order valence-corrected chi connectivity index (χ1v) is 12.3. The highest BCUT2D eigenvalue weighted by Crippen LogP contribution is 2.40. The Balaban J connectivity index is 1.45. The van der Waals surface area contributed by atoms with Crippen LogP contribution in [0.1, 0.15) is 27.7 Å². The first-order chi connectivity index (χ1) is 18.6. The van der Waals surface area contributed by atoms with Crippen molar-refractivity contribution in [3.05, 3.63) is 132 Å². The van der Waals surface area contributed by atoms with Crippen LogP contribution in [0.5, 0.6) is 11.5 Å². The number of nitrogens with zero attached hydrogens (tertiary/aromatic N) is 1. The molecule has 1 aliphatic heterocycles. The fourth-order valence-corrected chi connectivity index (χ4v) is 4.95. The van der Waals surface area contributed by atoms with E-state index in [1.54, 1.807) is 30.2 Å². The lowest BCUT2D eigenvalue weighted by atomic mass is 9.99. The van der Waals surface area contributed by atoms with Gasteiger partial charge in [0.05, 0.1) is 18.4 Å². The highest BCUT2D eigenvalue weighted by atomic mass is 19.1. The SMILES string of the molecule is COc1ccc([C@H]2Nc3ccccc3C(=O)N2c2cccc3ccccc23)cc1COc1ccccc1F. The molecule has 0 aliphatic carbocycles. The zero-order chi connectivity index (χ0) is 26.1. The molecular weight excluding hydrogens is 479 g/mol. The number of hydrogen-bond acceptors (Lipinski definition) is 4. The van der Waals surface area contributed by atoms with Gasteiger partial charge in [0.1, 0.15) is 18.5 Å². The average Bonchev–Trinajstić information content (AvgIpc) is 2.96. The van der Waals surface area contributed by atoms with Crippen LogP contribution >= 0.6 is 0 Å². The van der Waals surface area contributed by atoms with Crippen LogP contribution in [0.2, 0.25) is 0 Å². The van der Waals surface area contributed by atoms with Gasteiger partial charge in [-0.25, -0.2) is 4.39 Å². The van der Waals surface area contributed by atoms with Gasteiger partial charge in [0.2, 0.25) is 0 Å². The highest BCUT2D eigenvalue weighted by Gasteiger charge is 2.35. The Morgan fingerprint density at radius 3 is 2.47 bits per heavy atom. The van der Waals surface area contributed by atoms with Gasteiger partial charge in [0, 0.05) is 16.6 Å². The summed E-state index contributed by atoms with van der Waals surface area (Å²) in [6, 6.07) is 33.5. The maximum Gasteiger partial charge on any atom is 0.262 e. The molecule has 1 atom stereocenters. The summed E-state index contributed by atoms with van der Waals surface area (Å²) in [5, 5.41) is 5.59. The van der Waals surface area contributed by atoms with Crippen LogP contribution in [0.3, 0.4) is 0 Å². The Hall–Kier alpha value is -4.84. The quantitative estimate of drug-likeness (QED) is 0.263. The Kier molecular flexibility index (Phi) is 6.14. The third-order valence-corrected chi connectivity index (χ3v) is 6.79. The van der Waals surface area contributed by atoms with Crippen molar-refractivity contribution >= 4 is 28.1 Å². The van der Waals surface area contributed by atoms with Gasteiger partial charge in [-0.15, -0.1) is 0 Å². The second-order valence-electron chi connectivity index (χ2n) is 9.06. The van der Waals surface area contributed by atoms with Gasteiger partial charge in [-0.1, -0.05) is 66.7 Å². The standard InChI is InChI=1S/C32H25FN2O3/c1-37-29-18-17-22(19-23(29)20-38-30-16-7-5-13-26(30)33)31-34-27-14-6-4-12-25(27)32(36)35(31)28-15-8-10-21-9-2-3-11-24(21)28/h2-19,31,34H,20H2,1H3/t31-/m0/s1. The van der Waals surface area contributed by atoms with Crippen molar-refractivity contribution < 1.29 is 18.7 Å². The molecule has 0 spiro atoms. The third kappa shape index (κ3) is 4.20. The number of benzene rings is 5. The Labute approximate surface area is 220 Å². The molecule has 0 saturated carbocycles. The molecule has 6 heteroatoms. The van der Waals surface area contributed by atoms with Crippen molar-refractivity contribution in [2.24, 2.45) is 0 Å². The lowest BCUT2D eigenvalue weighted by Gasteiger charge is -2.39. The van der Waals surface area contributed by atoms with Crippen molar-refractivity contribution in [2.45, 2.75) is 12.8 Å².